The van der Waals surface area contributed by atoms with E-state index in [4.69, 9.17) is 9.97 Å². The van der Waals surface area contributed by atoms with E-state index in [0.717, 1.165) is 66.3 Å². The summed E-state index contributed by atoms with van der Waals surface area (Å²) >= 11 is 1.76. The number of nitrogens with zero attached hydrogens (tertiary/aromatic N) is 5. The second-order valence-electron chi connectivity index (χ2n) is 7.85. The molecule has 1 aliphatic rings. The van der Waals surface area contributed by atoms with Gasteiger partial charge in [-0.25, -0.2) is 15.0 Å². The topological polar surface area (TPSA) is 78.9 Å². The van der Waals surface area contributed by atoms with Crippen molar-refractivity contribution in [1.29, 1.82) is 0 Å². The van der Waals surface area contributed by atoms with Crippen molar-refractivity contribution >= 4 is 33.2 Å². The standard InChI is InChI=1S/C21H29N7S/c1-14-4-10-28(11-5-14)13-18-26-20(19-15(2)16(3)29-21(19)27-18)25-9-8-24-17-12-22-6-7-23-17/h6-7,12,14H,4-5,8-11,13H2,1-3H3,(H,23,24)(H,25,26,27). The van der Waals surface area contributed by atoms with Gasteiger partial charge >= 0.3 is 0 Å². The Kier molecular flexibility index (Phi) is 6.20. The molecule has 3 aromatic rings. The second kappa shape index (κ2) is 9.00. The smallest absolute Gasteiger partial charge is 0.146 e. The largest absolute Gasteiger partial charge is 0.368 e. The van der Waals surface area contributed by atoms with E-state index < -0.39 is 0 Å². The van der Waals surface area contributed by atoms with Crippen molar-refractivity contribution in [3.05, 3.63) is 34.9 Å². The van der Waals surface area contributed by atoms with Gasteiger partial charge in [-0.05, 0) is 51.3 Å². The van der Waals surface area contributed by atoms with E-state index in [-0.39, 0.29) is 0 Å². The number of anilines is 2. The van der Waals surface area contributed by atoms with Crippen LogP contribution in [0.4, 0.5) is 11.6 Å². The average Bonchev–Trinajstić information content (AvgIpc) is 3.01. The number of nitrogens with one attached hydrogen (secondary N) is 2. The van der Waals surface area contributed by atoms with Crippen LogP contribution in [-0.2, 0) is 6.54 Å². The normalized spacial score (nSPS) is 15.7. The number of thiophene rings is 1. The Bertz CT molecular complexity index is 949. The van der Waals surface area contributed by atoms with Crippen molar-refractivity contribution in [2.45, 2.75) is 40.2 Å². The number of rotatable bonds is 7. The molecule has 1 aliphatic heterocycles. The minimum Gasteiger partial charge on any atom is -0.368 e. The van der Waals surface area contributed by atoms with Crippen molar-refractivity contribution < 1.29 is 0 Å². The van der Waals surface area contributed by atoms with Gasteiger partial charge in [-0.3, -0.25) is 9.88 Å². The van der Waals surface area contributed by atoms with Gasteiger partial charge in [0.05, 0.1) is 18.1 Å². The van der Waals surface area contributed by atoms with E-state index >= 15 is 0 Å². The predicted octanol–water partition coefficient (Wildman–Crippen LogP) is 3.85. The van der Waals surface area contributed by atoms with Gasteiger partial charge in [0, 0.05) is 30.4 Å². The number of hydrogen-bond acceptors (Lipinski definition) is 8. The van der Waals surface area contributed by atoms with Gasteiger partial charge in [0.15, 0.2) is 0 Å². The summed E-state index contributed by atoms with van der Waals surface area (Å²) in [5, 5.41) is 7.96. The van der Waals surface area contributed by atoms with Gasteiger partial charge in [-0.1, -0.05) is 6.92 Å². The van der Waals surface area contributed by atoms with Gasteiger partial charge in [0.1, 0.15) is 22.3 Å². The van der Waals surface area contributed by atoms with Crippen molar-refractivity contribution in [2.75, 3.05) is 36.8 Å². The number of fused-ring (bicyclic) bond motifs is 1. The fraction of sp³-hybridized carbons (Fsp3) is 0.524. The van der Waals surface area contributed by atoms with Crippen LogP contribution in [0.25, 0.3) is 10.2 Å². The molecular weight excluding hydrogens is 382 g/mol. The van der Waals surface area contributed by atoms with Crippen molar-refractivity contribution in [3.8, 4) is 0 Å². The molecule has 2 N–H and O–H groups in total. The fourth-order valence-corrected chi connectivity index (χ4v) is 4.72. The third-order valence-corrected chi connectivity index (χ3v) is 6.70. The molecule has 3 aromatic heterocycles. The first-order chi connectivity index (χ1) is 14.1. The molecule has 0 bridgehead atoms. The molecule has 0 spiro atoms. The zero-order valence-electron chi connectivity index (χ0n) is 17.4. The van der Waals surface area contributed by atoms with Crippen LogP contribution in [0.15, 0.2) is 18.6 Å². The lowest BCUT2D eigenvalue weighted by Crippen LogP contribution is -2.33. The summed E-state index contributed by atoms with van der Waals surface area (Å²) in [5.74, 6) is 3.47. The van der Waals surface area contributed by atoms with Gasteiger partial charge in [0.25, 0.3) is 0 Å². The average molecular weight is 412 g/mol. The summed E-state index contributed by atoms with van der Waals surface area (Å²) in [7, 11) is 0. The number of aryl methyl sites for hydroxylation is 2. The number of piperidine rings is 1. The van der Waals surface area contributed by atoms with Gasteiger partial charge < -0.3 is 10.6 Å². The maximum absolute atomic E-state index is 4.92. The van der Waals surface area contributed by atoms with Crippen LogP contribution in [0.3, 0.4) is 0 Å². The van der Waals surface area contributed by atoms with Crippen molar-refractivity contribution in [1.82, 2.24) is 24.8 Å². The predicted molar refractivity (Wildman–Crippen MR) is 120 cm³/mol. The molecule has 4 heterocycles. The summed E-state index contributed by atoms with van der Waals surface area (Å²) in [6, 6.07) is 0. The van der Waals surface area contributed by atoms with Crippen molar-refractivity contribution in [3.63, 3.8) is 0 Å². The summed E-state index contributed by atoms with van der Waals surface area (Å²) in [4.78, 5) is 23.0. The minimum absolute atomic E-state index is 0.742. The Morgan fingerprint density at radius 2 is 1.90 bits per heavy atom. The lowest BCUT2D eigenvalue weighted by atomic mass is 9.99. The molecule has 0 aliphatic carbocycles. The SMILES string of the molecule is Cc1sc2nc(CN3CCC(C)CC3)nc(NCCNc3cnccn3)c2c1C. The first-order valence-electron chi connectivity index (χ1n) is 10.3. The van der Waals surface area contributed by atoms with Gasteiger partial charge in [-0.15, -0.1) is 11.3 Å². The molecular formula is C21H29N7S. The number of aromatic nitrogens is 4. The summed E-state index contributed by atoms with van der Waals surface area (Å²) in [6.45, 7) is 11.2. The fourth-order valence-electron chi connectivity index (χ4n) is 3.67. The summed E-state index contributed by atoms with van der Waals surface area (Å²) in [5.41, 5.74) is 1.27. The summed E-state index contributed by atoms with van der Waals surface area (Å²) in [6.07, 6.45) is 7.62. The van der Waals surface area contributed by atoms with Crippen LogP contribution in [0.2, 0.25) is 0 Å². The zero-order chi connectivity index (χ0) is 20.2. The van der Waals surface area contributed by atoms with E-state index in [2.05, 4.69) is 46.3 Å². The maximum atomic E-state index is 4.92. The molecule has 8 heteroatoms. The molecule has 4 rings (SSSR count). The van der Waals surface area contributed by atoms with E-state index in [1.54, 1.807) is 29.9 Å². The summed E-state index contributed by atoms with van der Waals surface area (Å²) < 4.78 is 0. The van der Waals surface area contributed by atoms with Crippen LogP contribution in [0.1, 0.15) is 36.0 Å². The zero-order valence-corrected chi connectivity index (χ0v) is 18.2. The lowest BCUT2D eigenvalue weighted by Gasteiger charge is -2.29. The van der Waals surface area contributed by atoms with Crippen LogP contribution >= 0.6 is 11.3 Å². The monoisotopic (exact) mass is 411 g/mol. The van der Waals surface area contributed by atoms with Crippen molar-refractivity contribution in [2.24, 2.45) is 5.92 Å². The minimum atomic E-state index is 0.742. The Morgan fingerprint density at radius 1 is 1.10 bits per heavy atom. The van der Waals surface area contributed by atoms with Crippen LogP contribution in [0.5, 0.6) is 0 Å². The first-order valence-corrected chi connectivity index (χ1v) is 11.1. The molecule has 154 valence electrons. The second-order valence-corrected chi connectivity index (χ2v) is 9.06. The number of hydrogen-bond donors (Lipinski definition) is 2. The molecule has 1 saturated heterocycles. The molecule has 0 aromatic carbocycles. The molecule has 1 fully saturated rings. The highest BCUT2D eigenvalue weighted by atomic mass is 32.1. The Labute approximate surface area is 176 Å². The maximum Gasteiger partial charge on any atom is 0.146 e. The Balaban J connectivity index is 1.48. The third-order valence-electron chi connectivity index (χ3n) is 5.60. The van der Waals surface area contributed by atoms with E-state index in [9.17, 15) is 0 Å². The third kappa shape index (κ3) is 4.82. The number of likely N-dealkylation sites (tertiary alicyclic amines) is 1. The highest BCUT2D eigenvalue weighted by Crippen LogP contribution is 2.33. The quantitative estimate of drug-likeness (QED) is 0.572. The molecule has 7 nitrogen and oxygen atoms in total. The lowest BCUT2D eigenvalue weighted by molar-refractivity contribution is 0.181. The van der Waals surface area contributed by atoms with Crippen LogP contribution < -0.4 is 10.6 Å². The van der Waals surface area contributed by atoms with Gasteiger partial charge in [0.2, 0.25) is 0 Å². The first kappa shape index (κ1) is 20.0. The van der Waals surface area contributed by atoms with Crippen LogP contribution in [-0.4, -0.2) is 51.0 Å². The molecule has 0 unspecified atom stereocenters. The van der Waals surface area contributed by atoms with Gasteiger partial charge in [-0.2, -0.15) is 0 Å². The van der Waals surface area contributed by atoms with Crippen LogP contribution in [0, 0.1) is 19.8 Å². The Hall–Kier alpha value is -2.32. The Morgan fingerprint density at radius 3 is 2.66 bits per heavy atom. The van der Waals surface area contributed by atoms with E-state index in [0.29, 0.717) is 0 Å². The van der Waals surface area contributed by atoms with E-state index in [1.165, 1.54) is 23.3 Å². The molecule has 0 saturated carbocycles. The molecule has 0 radical (unpaired) electrons. The molecule has 0 atom stereocenters. The molecule has 29 heavy (non-hydrogen) atoms. The molecule has 0 amide bonds. The van der Waals surface area contributed by atoms with E-state index in [1.807, 2.05) is 0 Å². The highest BCUT2D eigenvalue weighted by molar-refractivity contribution is 7.18. The highest BCUT2D eigenvalue weighted by Gasteiger charge is 2.19.